The lowest BCUT2D eigenvalue weighted by molar-refractivity contribution is 0.205. The van der Waals surface area contributed by atoms with Gasteiger partial charge >= 0.3 is 8.32 Å². The van der Waals surface area contributed by atoms with Crippen molar-refractivity contribution in [1.29, 1.82) is 0 Å². The topological polar surface area (TPSA) is 29.5 Å². The first-order chi connectivity index (χ1) is 14.3. The van der Waals surface area contributed by atoms with Crippen LogP contribution in [0.4, 0.5) is 0 Å². The first kappa shape index (κ1) is 20.9. The van der Waals surface area contributed by atoms with Crippen LogP contribution in [-0.2, 0) is 11.8 Å². The van der Waals surface area contributed by atoms with Crippen LogP contribution in [0.1, 0.15) is 45.2 Å². The van der Waals surface area contributed by atoms with Crippen molar-refractivity contribution in [3.8, 4) is 5.75 Å². The minimum atomic E-state index is -2.64. The molecule has 0 spiro atoms. The first-order valence-corrected chi connectivity index (χ1v) is 12.8. The Morgan fingerprint density at radius 3 is 1.97 bits per heavy atom. The molecule has 156 valence electrons. The average molecular weight is 417 g/mol. The fourth-order valence-corrected chi connectivity index (χ4v) is 9.35. The second-order valence-corrected chi connectivity index (χ2v) is 14.0. The Hall–Kier alpha value is -2.36. The second kappa shape index (κ2) is 7.71. The lowest BCUT2D eigenvalue weighted by Gasteiger charge is -2.43. The number of hydrogen-bond acceptors (Lipinski definition) is 2. The molecule has 0 fully saturated rings. The van der Waals surface area contributed by atoms with Gasteiger partial charge in [0.25, 0.3) is 0 Å². The minimum Gasteiger partial charge on any atom is -0.534 e. The van der Waals surface area contributed by atoms with Crippen LogP contribution in [0.5, 0.6) is 5.75 Å². The van der Waals surface area contributed by atoms with E-state index in [4.69, 9.17) is 4.43 Å². The summed E-state index contributed by atoms with van der Waals surface area (Å²) in [4.78, 5) is 0. The van der Waals surface area contributed by atoms with Crippen molar-refractivity contribution in [3.05, 3.63) is 90.0 Å². The van der Waals surface area contributed by atoms with E-state index in [-0.39, 0.29) is 17.1 Å². The van der Waals surface area contributed by atoms with Crippen LogP contribution in [0.25, 0.3) is 0 Å². The van der Waals surface area contributed by atoms with Gasteiger partial charge in [-0.1, -0.05) is 94.4 Å². The zero-order valence-electron chi connectivity index (χ0n) is 18.5. The molecule has 3 aromatic carbocycles. The predicted molar refractivity (Wildman–Crippen MR) is 127 cm³/mol. The van der Waals surface area contributed by atoms with Gasteiger partial charge in [0.05, 0.1) is 6.61 Å². The highest BCUT2D eigenvalue weighted by Crippen LogP contribution is 2.42. The van der Waals surface area contributed by atoms with Crippen LogP contribution in [0.3, 0.4) is 0 Å². The van der Waals surface area contributed by atoms with Gasteiger partial charge in [0.15, 0.2) is 0 Å². The van der Waals surface area contributed by atoms with Gasteiger partial charge in [-0.15, -0.1) is 0 Å². The third-order valence-electron chi connectivity index (χ3n) is 6.71. The van der Waals surface area contributed by atoms with Gasteiger partial charge in [-0.25, -0.2) is 0 Å². The zero-order valence-corrected chi connectivity index (χ0v) is 19.5. The van der Waals surface area contributed by atoms with E-state index in [1.807, 2.05) is 0 Å². The summed E-state index contributed by atoms with van der Waals surface area (Å²) in [5.41, 5.74) is 2.39. The minimum absolute atomic E-state index is 0.0744. The van der Waals surface area contributed by atoms with Crippen LogP contribution in [0.2, 0.25) is 5.04 Å². The molecular formula is C27H32O2Si. The summed E-state index contributed by atoms with van der Waals surface area (Å²) in [5, 5.41) is 12.5. The summed E-state index contributed by atoms with van der Waals surface area (Å²) in [7, 11) is -2.64. The predicted octanol–water partition coefficient (Wildman–Crippen LogP) is 4.82. The van der Waals surface area contributed by atoms with Crippen LogP contribution >= 0.6 is 0 Å². The van der Waals surface area contributed by atoms with Crippen molar-refractivity contribution in [2.24, 2.45) is 0 Å². The SMILES string of the molecule is CC1(CO)CCc2ccc(O[Si](c3ccccc3)(c3ccccc3)C(C)(C)C)cc21. The van der Waals surface area contributed by atoms with E-state index < -0.39 is 8.32 Å². The van der Waals surface area contributed by atoms with Crippen molar-refractivity contribution in [2.45, 2.75) is 51.0 Å². The van der Waals surface area contributed by atoms with E-state index >= 15 is 0 Å². The third-order valence-corrected chi connectivity index (χ3v) is 11.7. The van der Waals surface area contributed by atoms with E-state index in [0.717, 1.165) is 18.6 Å². The van der Waals surface area contributed by atoms with Gasteiger partial charge in [-0.05, 0) is 51.5 Å². The molecule has 1 unspecified atom stereocenters. The van der Waals surface area contributed by atoms with Crippen LogP contribution in [-0.4, -0.2) is 20.0 Å². The largest absolute Gasteiger partial charge is 0.534 e. The van der Waals surface area contributed by atoms with Crippen molar-refractivity contribution in [1.82, 2.24) is 0 Å². The lowest BCUT2D eigenvalue weighted by Crippen LogP contribution is -2.68. The summed E-state index contributed by atoms with van der Waals surface area (Å²) in [6.07, 6.45) is 2.01. The van der Waals surface area contributed by atoms with Crippen molar-refractivity contribution in [2.75, 3.05) is 6.61 Å². The summed E-state index contributed by atoms with van der Waals surface area (Å²) < 4.78 is 7.16. The fourth-order valence-electron chi connectivity index (χ4n) is 4.93. The van der Waals surface area contributed by atoms with E-state index in [1.165, 1.54) is 21.5 Å². The van der Waals surface area contributed by atoms with Crippen molar-refractivity contribution < 1.29 is 9.53 Å². The molecule has 0 amide bonds. The maximum atomic E-state index is 10.0. The number of fused-ring (bicyclic) bond motifs is 1. The van der Waals surface area contributed by atoms with Gasteiger partial charge in [0.2, 0.25) is 0 Å². The van der Waals surface area contributed by atoms with E-state index in [1.54, 1.807) is 0 Å². The van der Waals surface area contributed by atoms with Crippen molar-refractivity contribution in [3.63, 3.8) is 0 Å². The molecule has 0 heterocycles. The Labute approximate surface area is 181 Å². The normalized spacial score (nSPS) is 18.8. The molecule has 0 saturated carbocycles. The van der Waals surface area contributed by atoms with Crippen molar-refractivity contribution >= 4 is 18.7 Å². The highest BCUT2D eigenvalue weighted by atomic mass is 28.4. The number of benzene rings is 3. The molecule has 0 bridgehead atoms. The van der Waals surface area contributed by atoms with Gasteiger partial charge in [0.1, 0.15) is 5.75 Å². The number of aliphatic hydroxyl groups excluding tert-OH is 1. The van der Waals surface area contributed by atoms with Crippen LogP contribution < -0.4 is 14.8 Å². The van der Waals surface area contributed by atoms with Crippen LogP contribution in [0.15, 0.2) is 78.9 Å². The standard InChI is InChI=1S/C27H32O2Si/c1-26(2,3)30(23-11-7-5-8-12-23,24-13-9-6-10-14-24)29-22-16-15-21-17-18-27(4,20-28)25(21)19-22/h5-16,19,28H,17-18,20H2,1-4H3. The molecule has 30 heavy (non-hydrogen) atoms. The highest BCUT2D eigenvalue weighted by Gasteiger charge is 2.52. The molecule has 0 radical (unpaired) electrons. The number of aryl methyl sites for hydroxylation is 1. The molecule has 4 rings (SSSR count). The van der Waals surface area contributed by atoms with Gasteiger partial charge < -0.3 is 9.53 Å². The summed E-state index contributed by atoms with van der Waals surface area (Å²) in [5.74, 6) is 0.907. The fraction of sp³-hybridized carbons (Fsp3) is 0.333. The Morgan fingerprint density at radius 2 is 1.47 bits per heavy atom. The Balaban J connectivity index is 1.90. The van der Waals surface area contributed by atoms with E-state index in [9.17, 15) is 5.11 Å². The summed E-state index contributed by atoms with van der Waals surface area (Å²) >= 11 is 0. The molecule has 0 aliphatic heterocycles. The molecule has 1 N–H and O–H groups in total. The lowest BCUT2D eigenvalue weighted by atomic mass is 9.85. The zero-order chi connectivity index (χ0) is 21.4. The van der Waals surface area contributed by atoms with Gasteiger partial charge in [-0.2, -0.15) is 0 Å². The molecule has 2 nitrogen and oxygen atoms in total. The number of rotatable bonds is 5. The van der Waals surface area contributed by atoms with Crippen LogP contribution in [0, 0.1) is 0 Å². The second-order valence-electron chi connectivity index (χ2n) is 9.80. The summed E-state index contributed by atoms with van der Waals surface area (Å²) in [6, 6.07) is 28.0. The smallest absolute Gasteiger partial charge is 0.319 e. The molecule has 0 saturated heterocycles. The molecular weight excluding hydrogens is 384 g/mol. The van der Waals surface area contributed by atoms with E-state index in [2.05, 4.69) is 107 Å². The molecule has 3 aromatic rings. The average Bonchev–Trinajstić information content (AvgIpc) is 3.09. The molecule has 1 aliphatic rings. The Bertz CT molecular complexity index is 969. The van der Waals surface area contributed by atoms with Gasteiger partial charge in [0, 0.05) is 5.41 Å². The Kier molecular flexibility index (Phi) is 5.37. The number of hydrogen-bond donors (Lipinski definition) is 1. The third kappa shape index (κ3) is 3.40. The quantitative estimate of drug-likeness (QED) is 0.604. The first-order valence-electron chi connectivity index (χ1n) is 10.8. The maximum absolute atomic E-state index is 10.0. The molecule has 3 heteroatoms. The molecule has 0 aromatic heterocycles. The molecule has 1 atom stereocenters. The van der Waals surface area contributed by atoms with Gasteiger partial charge in [-0.3, -0.25) is 0 Å². The Morgan fingerprint density at radius 1 is 0.900 bits per heavy atom. The highest BCUT2D eigenvalue weighted by molar-refractivity contribution is 7.00. The maximum Gasteiger partial charge on any atom is 0.319 e. The number of aliphatic hydroxyl groups is 1. The van der Waals surface area contributed by atoms with E-state index in [0.29, 0.717) is 0 Å². The summed E-state index contributed by atoms with van der Waals surface area (Å²) in [6.45, 7) is 9.22. The monoisotopic (exact) mass is 416 g/mol. The molecule has 1 aliphatic carbocycles.